The summed E-state index contributed by atoms with van der Waals surface area (Å²) in [7, 11) is 0. The Balaban J connectivity index is -0.0000000267. The maximum absolute atomic E-state index is 9.12. The molecule has 0 heterocycles. The molecule has 0 atom stereocenters. The van der Waals surface area contributed by atoms with Gasteiger partial charge in [-0.3, -0.25) is 0 Å². The maximum Gasteiger partial charge on any atom is 4.00 e. The molecule has 8 heavy (non-hydrogen) atoms. The Kier molecular flexibility index (Phi) is 47.9. The van der Waals surface area contributed by atoms with Gasteiger partial charge in [0.2, 0.25) is 0 Å². The third-order valence-electron chi connectivity index (χ3n) is 0.135. The molecule has 0 fully saturated rings. The Morgan fingerprint density at radius 1 is 1.38 bits per heavy atom. The van der Waals surface area contributed by atoms with Crippen molar-refractivity contribution in [1.82, 2.24) is 0 Å². The first-order valence-corrected chi connectivity index (χ1v) is 1.10. The molecule has 5 nitrogen and oxygen atoms in total. The molecule has 0 amide bonds. The van der Waals surface area contributed by atoms with Gasteiger partial charge in [-0.1, -0.05) is 0 Å². The molecule has 0 radical (unpaired) electrons. The van der Waals surface area contributed by atoms with Crippen molar-refractivity contribution >= 4 is 5.97 Å². The van der Waals surface area contributed by atoms with Crippen molar-refractivity contribution in [3.63, 3.8) is 0 Å². The number of aliphatic carboxylic acids is 1. The summed E-state index contributed by atoms with van der Waals surface area (Å²) in [5, 5.41) is 15.0. The SMILES string of the molecule is O=C(O)CO.[O-2].[O-2].[Ti+4]. The van der Waals surface area contributed by atoms with Crippen LogP contribution in [0.15, 0.2) is 0 Å². The third kappa shape index (κ3) is 36.5. The quantitative estimate of drug-likeness (QED) is 0.465. The summed E-state index contributed by atoms with van der Waals surface area (Å²) in [6, 6.07) is 0. The predicted molar refractivity (Wildman–Crippen MR) is 16.1 cm³/mol. The number of carbonyl (C=O) groups is 1. The normalized spacial score (nSPS) is 4.62. The van der Waals surface area contributed by atoms with Crippen molar-refractivity contribution in [1.29, 1.82) is 0 Å². The van der Waals surface area contributed by atoms with E-state index in [2.05, 4.69) is 0 Å². The van der Waals surface area contributed by atoms with E-state index in [0.29, 0.717) is 0 Å². The van der Waals surface area contributed by atoms with E-state index in [1.807, 2.05) is 0 Å². The number of carboxylic acids is 1. The fourth-order valence-electron chi connectivity index (χ4n) is 0. The van der Waals surface area contributed by atoms with Gasteiger partial charge in [-0.15, -0.1) is 0 Å². The number of aliphatic hydroxyl groups excluding tert-OH is 1. The maximum atomic E-state index is 9.12. The van der Waals surface area contributed by atoms with Gasteiger partial charge in [0.1, 0.15) is 6.61 Å². The van der Waals surface area contributed by atoms with E-state index in [1.165, 1.54) is 0 Å². The molecule has 2 N–H and O–H groups in total. The van der Waals surface area contributed by atoms with E-state index in [9.17, 15) is 0 Å². The monoisotopic (exact) mass is 156 g/mol. The van der Waals surface area contributed by atoms with E-state index < -0.39 is 12.6 Å². The molecule has 0 bridgehead atoms. The van der Waals surface area contributed by atoms with Crippen LogP contribution in [0.25, 0.3) is 0 Å². The minimum atomic E-state index is -1.19. The summed E-state index contributed by atoms with van der Waals surface area (Å²) in [5.41, 5.74) is 0. The molecule has 6 heteroatoms. The van der Waals surface area contributed by atoms with Crippen molar-refractivity contribution in [3.8, 4) is 0 Å². The van der Waals surface area contributed by atoms with E-state index in [4.69, 9.17) is 15.0 Å². The molecule has 0 rings (SSSR count). The molecule has 0 aromatic heterocycles. The van der Waals surface area contributed by atoms with Crippen molar-refractivity contribution in [2.75, 3.05) is 6.61 Å². The molecule has 0 saturated carbocycles. The summed E-state index contributed by atoms with van der Waals surface area (Å²) in [6.07, 6.45) is 0. The summed E-state index contributed by atoms with van der Waals surface area (Å²) in [4.78, 5) is 9.12. The van der Waals surface area contributed by atoms with Crippen LogP contribution in [0.5, 0.6) is 0 Å². The molecular weight excluding hydrogens is 152 g/mol. The Morgan fingerprint density at radius 3 is 1.50 bits per heavy atom. The Morgan fingerprint density at radius 2 is 1.50 bits per heavy atom. The van der Waals surface area contributed by atoms with Crippen LogP contribution in [0.1, 0.15) is 0 Å². The molecule has 0 unspecified atom stereocenters. The molecule has 46 valence electrons. The third-order valence-corrected chi connectivity index (χ3v) is 0.135. The first kappa shape index (κ1) is 24.4. The Labute approximate surface area is 60.8 Å². The zero-order chi connectivity index (χ0) is 4.28. The van der Waals surface area contributed by atoms with Gasteiger partial charge in [-0.05, 0) is 0 Å². The molecule has 0 aliphatic heterocycles. The van der Waals surface area contributed by atoms with Gasteiger partial charge in [-0.2, -0.15) is 0 Å². The van der Waals surface area contributed by atoms with Crippen LogP contribution in [-0.2, 0) is 37.5 Å². The fraction of sp³-hybridized carbons (Fsp3) is 0.500. The van der Waals surface area contributed by atoms with Crippen LogP contribution in [0.4, 0.5) is 0 Å². The predicted octanol–water partition coefficient (Wildman–Crippen LogP) is -1.18. The first-order chi connectivity index (χ1) is 2.27. The number of hydrogen-bond donors (Lipinski definition) is 2. The second-order valence-corrected chi connectivity index (χ2v) is 0.552. The molecule has 0 aromatic rings. The van der Waals surface area contributed by atoms with Gasteiger partial charge >= 0.3 is 27.7 Å². The molecule has 0 aliphatic carbocycles. The van der Waals surface area contributed by atoms with Gasteiger partial charge in [0.25, 0.3) is 0 Å². The van der Waals surface area contributed by atoms with Crippen LogP contribution in [0.2, 0.25) is 0 Å². The average Bonchev–Trinajstić information content (AvgIpc) is 1.38. The van der Waals surface area contributed by atoms with Crippen LogP contribution < -0.4 is 0 Å². The van der Waals surface area contributed by atoms with E-state index >= 15 is 0 Å². The van der Waals surface area contributed by atoms with Crippen LogP contribution in [0, 0.1) is 0 Å². The largest absolute Gasteiger partial charge is 4.00 e. The number of carboxylic acid groups (broad SMARTS) is 1. The van der Waals surface area contributed by atoms with Crippen molar-refractivity contribution in [3.05, 3.63) is 0 Å². The smallest absolute Gasteiger partial charge is 2.00 e. The molecular formula is C2H4O5Ti. The second kappa shape index (κ2) is 15.7. The Bertz CT molecular complexity index is 45.7. The second-order valence-electron chi connectivity index (χ2n) is 0.552. The number of rotatable bonds is 1. The fourth-order valence-corrected chi connectivity index (χ4v) is 0. The molecule has 0 aromatic carbocycles. The summed E-state index contributed by atoms with van der Waals surface area (Å²) in [5.74, 6) is -1.19. The van der Waals surface area contributed by atoms with E-state index in [0.717, 1.165) is 0 Å². The van der Waals surface area contributed by atoms with Crippen molar-refractivity contribution < 1.29 is 47.7 Å². The summed E-state index contributed by atoms with van der Waals surface area (Å²) < 4.78 is 0. The van der Waals surface area contributed by atoms with E-state index in [1.54, 1.807) is 0 Å². The summed E-state index contributed by atoms with van der Waals surface area (Å²) in [6.45, 7) is -0.778. The zero-order valence-corrected chi connectivity index (χ0v) is 5.39. The number of hydrogen-bond acceptors (Lipinski definition) is 2. The molecule has 0 aliphatic rings. The average molecular weight is 156 g/mol. The van der Waals surface area contributed by atoms with Crippen LogP contribution >= 0.6 is 0 Å². The van der Waals surface area contributed by atoms with Gasteiger partial charge < -0.3 is 21.2 Å². The number of aliphatic hydroxyl groups is 1. The zero-order valence-electron chi connectivity index (χ0n) is 3.83. The van der Waals surface area contributed by atoms with Crippen molar-refractivity contribution in [2.45, 2.75) is 0 Å². The van der Waals surface area contributed by atoms with Crippen LogP contribution in [-0.4, -0.2) is 22.8 Å². The van der Waals surface area contributed by atoms with Gasteiger partial charge in [0.15, 0.2) is 0 Å². The van der Waals surface area contributed by atoms with Gasteiger partial charge in [-0.25, -0.2) is 4.79 Å². The van der Waals surface area contributed by atoms with E-state index in [-0.39, 0.29) is 32.7 Å². The molecule has 0 spiro atoms. The minimum Gasteiger partial charge on any atom is -2.00 e. The topological polar surface area (TPSA) is 115 Å². The van der Waals surface area contributed by atoms with Crippen LogP contribution in [0.3, 0.4) is 0 Å². The van der Waals surface area contributed by atoms with Crippen molar-refractivity contribution in [2.24, 2.45) is 0 Å². The van der Waals surface area contributed by atoms with Gasteiger partial charge in [0.05, 0.1) is 0 Å². The summed E-state index contributed by atoms with van der Waals surface area (Å²) >= 11 is 0. The Hall–Kier alpha value is 0.0643. The minimum absolute atomic E-state index is 0. The standard InChI is InChI=1S/C2H4O3.2O.Ti/c3-1-2(4)5;;;/h3H,1H2,(H,4,5);;;/q;2*-2;+4. The van der Waals surface area contributed by atoms with Gasteiger partial charge in [0, 0.05) is 0 Å². The molecule has 0 saturated heterocycles. The first-order valence-electron chi connectivity index (χ1n) is 1.10.